The number of amides is 1. The molecule has 0 aliphatic rings. The number of hydrogen-bond donors (Lipinski definition) is 1. The molecular formula is C16H9Cl2F4NO. The SMILES string of the molecule is O=C(/C=C/c1cc(C(F)(F)F)ccc1Cl)Nc1ccc(F)c(Cl)c1. The molecule has 8 heteroatoms. The van der Waals surface area contributed by atoms with Gasteiger partial charge in [0, 0.05) is 16.8 Å². The molecular weight excluding hydrogens is 369 g/mol. The standard InChI is InChI=1S/C16H9Cl2F4NO/c17-12-4-2-10(16(20,21)22)7-9(12)1-6-15(24)23-11-3-5-14(19)13(18)8-11/h1-8H,(H,23,24)/b6-1+. The molecule has 0 aliphatic heterocycles. The highest BCUT2D eigenvalue weighted by Gasteiger charge is 2.30. The second-order valence-electron chi connectivity index (χ2n) is 4.69. The molecule has 1 amide bonds. The average Bonchev–Trinajstić information content (AvgIpc) is 2.49. The highest BCUT2D eigenvalue weighted by atomic mass is 35.5. The zero-order valence-corrected chi connectivity index (χ0v) is 13.3. The molecule has 0 heterocycles. The molecule has 2 aromatic carbocycles. The van der Waals surface area contributed by atoms with Gasteiger partial charge in [-0.05, 0) is 48.0 Å². The van der Waals surface area contributed by atoms with Crippen LogP contribution in [0.2, 0.25) is 10.0 Å². The number of carbonyl (C=O) groups excluding carboxylic acids is 1. The van der Waals surface area contributed by atoms with Crippen molar-refractivity contribution in [1.29, 1.82) is 0 Å². The first kappa shape index (κ1) is 18.3. The van der Waals surface area contributed by atoms with Crippen molar-refractivity contribution in [2.75, 3.05) is 5.32 Å². The van der Waals surface area contributed by atoms with E-state index in [1.54, 1.807) is 0 Å². The van der Waals surface area contributed by atoms with Crippen LogP contribution < -0.4 is 5.32 Å². The van der Waals surface area contributed by atoms with Crippen molar-refractivity contribution in [3.63, 3.8) is 0 Å². The van der Waals surface area contributed by atoms with Gasteiger partial charge in [-0.3, -0.25) is 4.79 Å². The monoisotopic (exact) mass is 377 g/mol. The Balaban J connectivity index is 2.15. The number of nitrogens with one attached hydrogen (secondary N) is 1. The lowest BCUT2D eigenvalue weighted by Crippen LogP contribution is -2.08. The Morgan fingerprint density at radius 3 is 2.38 bits per heavy atom. The molecule has 0 bridgehead atoms. The van der Waals surface area contributed by atoms with E-state index in [2.05, 4.69) is 5.32 Å². The Bertz CT molecular complexity index is 803. The minimum Gasteiger partial charge on any atom is -0.322 e. The maximum Gasteiger partial charge on any atom is 0.416 e. The van der Waals surface area contributed by atoms with Crippen molar-refractivity contribution in [1.82, 2.24) is 0 Å². The third-order valence-electron chi connectivity index (χ3n) is 2.92. The van der Waals surface area contributed by atoms with Crippen LogP contribution >= 0.6 is 23.2 Å². The van der Waals surface area contributed by atoms with Gasteiger partial charge in [-0.2, -0.15) is 13.2 Å². The van der Waals surface area contributed by atoms with Crippen molar-refractivity contribution in [3.05, 3.63) is 69.5 Å². The Morgan fingerprint density at radius 2 is 1.75 bits per heavy atom. The molecule has 0 atom stereocenters. The summed E-state index contributed by atoms with van der Waals surface area (Å²) < 4.78 is 51.0. The molecule has 24 heavy (non-hydrogen) atoms. The molecule has 0 spiro atoms. The van der Waals surface area contributed by atoms with Crippen LogP contribution in [0.3, 0.4) is 0 Å². The smallest absolute Gasteiger partial charge is 0.322 e. The topological polar surface area (TPSA) is 29.1 Å². The third-order valence-corrected chi connectivity index (χ3v) is 3.56. The fourth-order valence-corrected chi connectivity index (χ4v) is 2.13. The number of rotatable bonds is 3. The normalized spacial score (nSPS) is 11.8. The predicted octanol–water partition coefficient (Wildman–Crippen LogP) is 5.80. The lowest BCUT2D eigenvalue weighted by molar-refractivity contribution is -0.137. The van der Waals surface area contributed by atoms with E-state index < -0.39 is 23.5 Å². The van der Waals surface area contributed by atoms with Crippen molar-refractivity contribution < 1.29 is 22.4 Å². The zero-order valence-electron chi connectivity index (χ0n) is 11.8. The van der Waals surface area contributed by atoms with Crippen LogP contribution in [-0.2, 0) is 11.0 Å². The quantitative estimate of drug-likeness (QED) is 0.531. The molecule has 0 aromatic heterocycles. The Kier molecular flexibility index (Phi) is 5.51. The number of hydrogen-bond acceptors (Lipinski definition) is 1. The van der Waals surface area contributed by atoms with E-state index in [-0.39, 0.29) is 21.3 Å². The molecule has 0 aliphatic carbocycles. The Morgan fingerprint density at radius 1 is 1.04 bits per heavy atom. The molecule has 2 nitrogen and oxygen atoms in total. The van der Waals surface area contributed by atoms with Crippen molar-refractivity contribution in [2.24, 2.45) is 0 Å². The summed E-state index contributed by atoms with van der Waals surface area (Å²) in [5, 5.41) is 2.30. The number of alkyl halides is 3. The van der Waals surface area contributed by atoms with Crippen molar-refractivity contribution in [3.8, 4) is 0 Å². The maximum absolute atomic E-state index is 13.0. The Labute approximate surface area is 144 Å². The van der Waals surface area contributed by atoms with Crippen LogP contribution in [0.5, 0.6) is 0 Å². The van der Waals surface area contributed by atoms with Gasteiger partial charge in [-0.25, -0.2) is 4.39 Å². The lowest BCUT2D eigenvalue weighted by Gasteiger charge is -2.08. The number of carbonyl (C=O) groups is 1. The van der Waals surface area contributed by atoms with Crippen LogP contribution in [0.25, 0.3) is 6.08 Å². The number of benzene rings is 2. The second kappa shape index (κ2) is 7.23. The third kappa shape index (κ3) is 4.72. The number of halogens is 6. The van der Waals surface area contributed by atoms with Crippen LogP contribution in [0, 0.1) is 5.82 Å². The fourth-order valence-electron chi connectivity index (χ4n) is 1.77. The van der Waals surface area contributed by atoms with E-state index >= 15 is 0 Å². The zero-order chi connectivity index (χ0) is 17.9. The highest BCUT2D eigenvalue weighted by Crippen LogP contribution is 2.32. The fraction of sp³-hybridized carbons (Fsp3) is 0.0625. The lowest BCUT2D eigenvalue weighted by atomic mass is 10.1. The first-order valence-electron chi connectivity index (χ1n) is 6.47. The van der Waals surface area contributed by atoms with Crippen LogP contribution in [0.15, 0.2) is 42.5 Å². The van der Waals surface area contributed by atoms with Crippen LogP contribution in [0.1, 0.15) is 11.1 Å². The van der Waals surface area contributed by atoms with Crippen LogP contribution in [0.4, 0.5) is 23.2 Å². The minimum absolute atomic E-state index is 0.0405. The van der Waals surface area contributed by atoms with Gasteiger partial charge in [0.05, 0.1) is 10.6 Å². The van der Waals surface area contributed by atoms with Gasteiger partial charge in [-0.1, -0.05) is 23.2 Å². The molecule has 2 rings (SSSR count). The van der Waals surface area contributed by atoms with E-state index in [0.29, 0.717) is 0 Å². The highest BCUT2D eigenvalue weighted by molar-refractivity contribution is 6.32. The molecule has 0 saturated carbocycles. The van der Waals surface area contributed by atoms with Gasteiger partial charge in [0.15, 0.2) is 0 Å². The summed E-state index contributed by atoms with van der Waals surface area (Å²) >= 11 is 11.4. The molecule has 126 valence electrons. The summed E-state index contributed by atoms with van der Waals surface area (Å²) in [6.45, 7) is 0. The number of anilines is 1. The largest absolute Gasteiger partial charge is 0.416 e. The molecule has 0 radical (unpaired) electrons. The molecule has 0 unspecified atom stereocenters. The first-order valence-corrected chi connectivity index (χ1v) is 7.23. The molecule has 2 aromatic rings. The van der Waals surface area contributed by atoms with Gasteiger partial charge in [0.1, 0.15) is 5.82 Å². The summed E-state index contributed by atoms with van der Waals surface area (Å²) in [6.07, 6.45) is -2.35. The molecule has 0 fully saturated rings. The maximum atomic E-state index is 13.0. The molecule has 1 N–H and O–H groups in total. The van der Waals surface area contributed by atoms with E-state index in [1.165, 1.54) is 12.1 Å². The second-order valence-corrected chi connectivity index (χ2v) is 5.50. The minimum atomic E-state index is -4.51. The van der Waals surface area contributed by atoms with Gasteiger partial charge in [0.2, 0.25) is 5.91 Å². The van der Waals surface area contributed by atoms with Gasteiger partial charge < -0.3 is 5.32 Å². The average molecular weight is 378 g/mol. The Hall–Kier alpha value is -2.05. The molecule has 0 saturated heterocycles. The first-order chi connectivity index (χ1) is 11.2. The van der Waals surface area contributed by atoms with E-state index in [4.69, 9.17) is 23.2 Å². The van der Waals surface area contributed by atoms with Gasteiger partial charge in [-0.15, -0.1) is 0 Å². The van der Waals surface area contributed by atoms with E-state index in [1.807, 2.05) is 0 Å². The summed E-state index contributed by atoms with van der Waals surface area (Å²) in [7, 11) is 0. The van der Waals surface area contributed by atoms with Crippen molar-refractivity contribution >= 4 is 40.9 Å². The van der Waals surface area contributed by atoms with Gasteiger partial charge >= 0.3 is 6.18 Å². The summed E-state index contributed by atoms with van der Waals surface area (Å²) in [5.41, 5.74) is -0.595. The summed E-state index contributed by atoms with van der Waals surface area (Å²) in [5.74, 6) is -1.27. The predicted molar refractivity (Wildman–Crippen MR) is 85.5 cm³/mol. The summed E-state index contributed by atoms with van der Waals surface area (Å²) in [6, 6.07) is 6.36. The van der Waals surface area contributed by atoms with Gasteiger partial charge in [0.25, 0.3) is 0 Å². The van der Waals surface area contributed by atoms with E-state index in [0.717, 1.165) is 36.4 Å². The summed E-state index contributed by atoms with van der Waals surface area (Å²) in [4.78, 5) is 11.8. The van der Waals surface area contributed by atoms with E-state index in [9.17, 15) is 22.4 Å². The van der Waals surface area contributed by atoms with Crippen LogP contribution in [-0.4, -0.2) is 5.91 Å². The van der Waals surface area contributed by atoms with Crippen molar-refractivity contribution in [2.45, 2.75) is 6.18 Å².